The maximum Gasteiger partial charge on any atom is 0.359 e. The second-order valence-electron chi connectivity index (χ2n) is 8.94. The smallest absolute Gasteiger partial charge is 0.359 e. The van der Waals surface area contributed by atoms with E-state index < -0.39 is 65.7 Å². The molecule has 0 spiro atoms. The number of ether oxygens (including phenoxy) is 1. The van der Waals surface area contributed by atoms with E-state index in [1.165, 1.54) is 6.92 Å². The number of hydrogen-bond donors (Lipinski definition) is 5. The summed E-state index contributed by atoms with van der Waals surface area (Å²) in [5.74, 6) is -3.13. The molecule has 0 aromatic carbocycles. The summed E-state index contributed by atoms with van der Waals surface area (Å²) in [6.45, 7) is 5.37. The number of H-pyrrole nitrogens is 1. The molecular weight excluding hydrogens is 499 g/mol. The van der Waals surface area contributed by atoms with Crippen LogP contribution in [0.15, 0.2) is 11.0 Å². The third kappa shape index (κ3) is 4.86. The van der Waals surface area contributed by atoms with Crippen LogP contribution in [0.3, 0.4) is 0 Å². The lowest BCUT2D eigenvalue weighted by atomic mass is 9.93. The van der Waals surface area contributed by atoms with Crippen molar-refractivity contribution in [3.8, 4) is 0 Å². The zero-order valence-electron chi connectivity index (χ0n) is 18.7. The van der Waals surface area contributed by atoms with Gasteiger partial charge < -0.3 is 34.5 Å². The molecule has 0 bridgehead atoms. The Balaban J connectivity index is 1.94. The lowest BCUT2D eigenvalue weighted by molar-refractivity contribution is -0.0702. The molecule has 1 saturated heterocycles. The van der Waals surface area contributed by atoms with Crippen molar-refractivity contribution in [3.63, 3.8) is 0 Å². The lowest BCUT2D eigenvalue weighted by Crippen LogP contribution is -2.39. The standard InChI is InChI=1S/C19H26F2N3O8PS/c1-5-19(4,32-33(29,30)18(2,3)28)6-9-12(25)13(26)16(31-9)24-7-8-10(20)11(21)15(27)22-14(8)23-17(24)34/h7,9,12-13,16,25-26,28H,5-6H2,1-4H3,(H,29,30)(H,22,23,27,34)/t9-,12?,13?,16-,19?/m1/s1. The number of aromatic amines is 1. The Labute approximate surface area is 197 Å². The number of aliphatic hydroxyl groups excluding tert-OH is 2. The predicted molar refractivity (Wildman–Crippen MR) is 118 cm³/mol. The highest BCUT2D eigenvalue weighted by Crippen LogP contribution is 2.57. The first-order valence-corrected chi connectivity index (χ1v) is 12.3. The molecule has 1 aliphatic rings. The van der Waals surface area contributed by atoms with Crippen molar-refractivity contribution in [3.05, 3.63) is 33.0 Å². The Kier molecular flexibility index (Phi) is 7.21. The van der Waals surface area contributed by atoms with E-state index in [1.807, 2.05) is 0 Å². The molecule has 2 aromatic rings. The second-order valence-corrected chi connectivity index (χ2v) is 11.6. The average Bonchev–Trinajstić information content (AvgIpc) is 2.98. The van der Waals surface area contributed by atoms with Crippen LogP contribution < -0.4 is 5.56 Å². The second kappa shape index (κ2) is 9.10. The van der Waals surface area contributed by atoms with E-state index in [4.69, 9.17) is 21.5 Å². The molecule has 6 atom stereocenters. The van der Waals surface area contributed by atoms with Crippen LogP contribution >= 0.6 is 19.8 Å². The van der Waals surface area contributed by atoms with Gasteiger partial charge in [0.15, 0.2) is 17.4 Å². The Morgan fingerprint density at radius 3 is 2.47 bits per heavy atom. The van der Waals surface area contributed by atoms with Crippen molar-refractivity contribution in [2.24, 2.45) is 0 Å². The molecule has 3 rings (SSSR count). The summed E-state index contributed by atoms with van der Waals surface area (Å²) in [5, 5.41) is 28.7. The number of pyridine rings is 1. The molecule has 0 saturated carbocycles. The summed E-state index contributed by atoms with van der Waals surface area (Å²) in [6, 6.07) is 0. The van der Waals surface area contributed by atoms with Gasteiger partial charge in [0.2, 0.25) is 10.6 Å². The van der Waals surface area contributed by atoms with E-state index in [0.29, 0.717) is 0 Å². The van der Waals surface area contributed by atoms with E-state index in [2.05, 4.69) is 9.97 Å². The highest BCUT2D eigenvalue weighted by Gasteiger charge is 2.50. The molecule has 2 aromatic heterocycles. The van der Waals surface area contributed by atoms with Crippen molar-refractivity contribution in [1.82, 2.24) is 14.5 Å². The molecule has 1 fully saturated rings. The topological polar surface area (TPSA) is 167 Å². The summed E-state index contributed by atoms with van der Waals surface area (Å²) in [5.41, 5.74) is -2.99. The molecule has 1 aliphatic heterocycles. The van der Waals surface area contributed by atoms with Crippen LogP contribution in [0.1, 0.15) is 46.8 Å². The van der Waals surface area contributed by atoms with Crippen LogP contribution in [-0.2, 0) is 13.8 Å². The van der Waals surface area contributed by atoms with E-state index in [0.717, 1.165) is 24.6 Å². The molecule has 190 valence electrons. The molecule has 0 amide bonds. The molecule has 4 unspecified atom stereocenters. The maximum absolute atomic E-state index is 14.3. The number of fused-ring (bicyclic) bond motifs is 1. The number of rotatable bonds is 7. The Hall–Kier alpha value is -1.64. The van der Waals surface area contributed by atoms with Crippen molar-refractivity contribution >= 4 is 30.8 Å². The van der Waals surface area contributed by atoms with Gasteiger partial charge in [-0.15, -0.1) is 0 Å². The average molecular weight is 525 g/mol. The van der Waals surface area contributed by atoms with E-state index >= 15 is 0 Å². The zero-order chi connectivity index (χ0) is 25.8. The number of aliphatic hydroxyl groups is 3. The van der Waals surface area contributed by atoms with E-state index in [1.54, 1.807) is 6.92 Å². The Morgan fingerprint density at radius 1 is 1.29 bits per heavy atom. The van der Waals surface area contributed by atoms with Crippen LogP contribution in [-0.4, -0.2) is 64.0 Å². The van der Waals surface area contributed by atoms with E-state index in [-0.39, 0.29) is 23.3 Å². The van der Waals surface area contributed by atoms with Gasteiger partial charge in [-0.25, -0.2) is 9.37 Å². The van der Waals surface area contributed by atoms with Gasteiger partial charge in [0.1, 0.15) is 17.9 Å². The molecule has 3 heterocycles. The first-order chi connectivity index (χ1) is 15.5. The van der Waals surface area contributed by atoms with Crippen molar-refractivity contribution in [1.29, 1.82) is 0 Å². The van der Waals surface area contributed by atoms with Crippen LogP contribution in [0.25, 0.3) is 11.0 Å². The van der Waals surface area contributed by atoms with Crippen molar-refractivity contribution in [2.45, 2.75) is 76.0 Å². The number of halogens is 2. The Bertz CT molecular complexity index is 1270. The summed E-state index contributed by atoms with van der Waals surface area (Å²) in [4.78, 5) is 27.5. The summed E-state index contributed by atoms with van der Waals surface area (Å²) < 4.78 is 52.4. The quantitative estimate of drug-likeness (QED) is 0.266. The summed E-state index contributed by atoms with van der Waals surface area (Å²) in [6.07, 6.45) is -4.64. The molecule has 0 radical (unpaired) electrons. The van der Waals surface area contributed by atoms with Crippen LogP contribution in [0.5, 0.6) is 0 Å². The van der Waals surface area contributed by atoms with Crippen LogP contribution in [0.4, 0.5) is 8.78 Å². The van der Waals surface area contributed by atoms with Crippen LogP contribution in [0.2, 0.25) is 0 Å². The maximum atomic E-state index is 14.3. The molecular formula is C19H26F2N3O8PS. The number of nitrogens with zero attached hydrogens (tertiary/aromatic N) is 2. The third-order valence-electron chi connectivity index (χ3n) is 5.84. The van der Waals surface area contributed by atoms with Gasteiger partial charge in [0.25, 0.3) is 5.56 Å². The largest absolute Gasteiger partial charge is 0.388 e. The first-order valence-electron chi connectivity index (χ1n) is 10.3. The van der Waals surface area contributed by atoms with Gasteiger partial charge in [0, 0.05) is 12.6 Å². The monoisotopic (exact) mass is 525 g/mol. The summed E-state index contributed by atoms with van der Waals surface area (Å²) in [7, 11) is -4.51. The Morgan fingerprint density at radius 2 is 1.91 bits per heavy atom. The van der Waals surface area contributed by atoms with Gasteiger partial charge in [-0.05, 0) is 39.4 Å². The number of aromatic nitrogens is 3. The molecule has 34 heavy (non-hydrogen) atoms. The minimum atomic E-state index is -4.51. The van der Waals surface area contributed by atoms with Crippen LogP contribution in [0, 0.1) is 16.4 Å². The zero-order valence-corrected chi connectivity index (χ0v) is 20.4. The minimum Gasteiger partial charge on any atom is -0.388 e. The van der Waals surface area contributed by atoms with Gasteiger partial charge in [-0.3, -0.25) is 13.9 Å². The highest BCUT2D eigenvalue weighted by molar-refractivity contribution is 7.71. The fourth-order valence-corrected chi connectivity index (χ4v) is 4.77. The number of nitrogens with one attached hydrogen (secondary N) is 1. The van der Waals surface area contributed by atoms with Gasteiger partial charge in [-0.2, -0.15) is 4.39 Å². The van der Waals surface area contributed by atoms with Crippen molar-refractivity contribution < 1.29 is 42.8 Å². The number of hydrogen-bond acceptors (Lipinski definition) is 9. The highest BCUT2D eigenvalue weighted by atomic mass is 32.1. The van der Waals surface area contributed by atoms with Gasteiger partial charge >= 0.3 is 7.60 Å². The lowest BCUT2D eigenvalue weighted by Gasteiger charge is -2.36. The SMILES string of the molecule is CCC(C)(C[C@H]1O[C@@H](n2cc3c(F)c(F)c(=O)[nH]c3nc2=S)C(O)C1O)OP(=O)(O)C(C)(C)O. The normalized spacial score (nSPS) is 27.0. The molecule has 0 aliphatic carbocycles. The molecule has 11 nitrogen and oxygen atoms in total. The van der Waals surface area contributed by atoms with Gasteiger partial charge in [0.05, 0.1) is 17.1 Å². The first kappa shape index (κ1) is 27.0. The minimum absolute atomic E-state index is 0.176. The van der Waals surface area contributed by atoms with Crippen molar-refractivity contribution in [2.75, 3.05) is 0 Å². The van der Waals surface area contributed by atoms with Gasteiger partial charge in [-0.1, -0.05) is 6.92 Å². The predicted octanol–water partition coefficient (Wildman–Crippen LogP) is 1.84. The fourth-order valence-electron chi connectivity index (χ4n) is 3.50. The molecule has 15 heteroatoms. The molecule has 5 N–H and O–H groups in total. The third-order valence-corrected chi connectivity index (χ3v) is 8.21. The van der Waals surface area contributed by atoms with E-state index in [9.17, 15) is 38.4 Å². The fraction of sp³-hybridized carbons (Fsp3) is 0.632. The summed E-state index contributed by atoms with van der Waals surface area (Å²) >= 11 is 5.13.